The number of ether oxygens (including phenoxy) is 1. The average Bonchev–Trinajstić information content (AvgIpc) is 2.57. The van der Waals surface area contributed by atoms with Crippen LogP contribution in [0.4, 0.5) is 10.6 Å². The third kappa shape index (κ3) is 2.77. The summed E-state index contributed by atoms with van der Waals surface area (Å²) in [6.45, 7) is 5.43. The Bertz CT molecular complexity index is 583. The van der Waals surface area contributed by atoms with Gasteiger partial charge in [-0.2, -0.15) is 0 Å². The zero-order valence-corrected chi connectivity index (χ0v) is 10.9. The van der Waals surface area contributed by atoms with Gasteiger partial charge in [0, 0.05) is 13.1 Å². The van der Waals surface area contributed by atoms with Gasteiger partial charge in [0.25, 0.3) is 0 Å². The summed E-state index contributed by atoms with van der Waals surface area (Å²) in [6.07, 6.45) is 2.79. The number of imidazole rings is 1. The van der Waals surface area contributed by atoms with Crippen LogP contribution in [0.5, 0.6) is 0 Å². The molecule has 0 bridgehead atoms. The lowest BCUT2D eigenvalue weighted by atomic mass is 10.2. The van der Waals surface area contributed by atoms with Crippen LogP contribution in [-0.4, -0.2) is 26.2 Å². The van der Waals surface area contributed by atoms with Gasteiger partial charge in [-0.3, -0.25) is 5.32 Å². The van der Waals surface area contributed by atoms with Crippen molar-refractivity contribution in [3.63, 3.8) is 0 Å². The lowest BCUT2D eigenvalue weighted by Crippen LogP contribution is -2.27. The Hall–Kier alpha value is -2.11. The van der Waals surface area contributed by atoms with Crippen LogP contribution in [0.2, 0.25) is 0 Å². The van der Waals surface area contributed by atoms with Crippen molar-refractivity contribution in [2.24, 2.45) is 7.05 Å². The van der Waals surface area contributed by atoms with E-state index < -0.39 is 11.7 Å². The third-order valence-electron chi connectivity index (χ3n) is 2.24. The van der Waals surface area contributed by atoms with E-state index in [0.717, 1.165) is 11.0 Å². The number of anilines is 1. The second kappa shape index (κ2) is 4.29. The highest BCUT2D eigenvalue weighted by molar-refractivity contribution is 5.86. The molecule has 0 saturated heterocycles. The van der Waals surface area contributed by atoms with Crippen LogP contribution in [0.3, 0.4) is 0 Å². The number of carbonyl (C=O) groups is 1. The van der Waals surface area contributed by atoms with Crippen molar-refractivity contribution in [1.82, 2.24) is 14.5 Å². The molecule has 0 saturated carbocycles. The fraction of sp³-hybridized carbons (Fsp3) is 0.417. The van der Waals surface area contributed by atoms with E-state index >= 15 is 0 Å². The number of nitrogens with one attached hydrogen (secondary N) is 1. The molecule has 18 heavy (non-hydrogen) atoms. The summed E-state index contributed by atoms with van der Waals surface area (Å²) < 4.78 is 7.01. The van der Waals surface area contributed by atoms with Gasteiger partial charge in [-0.05, 0) is 20.8 Å². The first-order chi connectivity index (χ1) is 8.35. The van der Waals surface area contributed by atoms with E-state index in [0.29, 0.717) is 5.82 Å². The molecular weight excluding hydrogens is 232 g/mol. The molecule has 0 fully saturated rings. The molecule has 0 radical (unpaired) electrons. The van der Waals surface area contributed by atoms with Gasteiger partial charge in [-0.15, -0.1) is 0 Å². The summed E-state index contributed by atoms with van der Waals surface area (Å²) in [5.41, 5.74) is 1.16. The van der Waals surface area contributed by atoms with Gasteiger partial charge in [-0.25, -0.2) is 14.8 Å². The maximum Gasteiger partial charge on any atom is 0.413 e. The minimum atomic E-state index is -0.527. The molecule has 0 aliphatic carbocycles. The Labute approximate surface area is 105 Å². The predicted octanol–water partition coefficient (Wildman–Crippen LogP) is 2.32. The number of amides is 1. The monoisotopic (exact) mass is 248 g/mol. The van der Waals surface area contributed by atoms with Crippen LogP contribution in [0.15, 0.2) is 18.6 Å². The number of hydrogen-bond donors (Lipinski definition) is 1. The highest BCUT2D eigenvalue weighted by Gasteiger charge is 2.16. The van der Waals surface area contributed by atoms with Crippen LogP contribution in [0, 0.1) is 0 Å². The van der Waals surface area contributed by atoms with E-state index in [1.165, 1.54) is 0 Å². The SMILES string of the molecule is Cn1cnc2cnc(NC(=O)OC(C)(C)C)cc21. The summed E-state index contributed by atoms with van der Waals surface area (Å²) in [4.78, 5) is 19.8. The highest BCUT2D eigenvalue weighted by Crippen LogP contribution is 2.15. The van der Waals surface area contributed by atoms with Crippen LogP contribution >= 0.6 is 0 Å². The standard InChI is InChI=1S/C12H16N4O2/c1-12(2,3)18-11(17)15-10-5-9-8(6-13-10)14-7-16(9)4/h5-7H,1-4H3,(H,13,15,17). The number of aromatic nitrogens is 3. The van der Waals surface area contributed by atoms with Crippen LogP contribution in [0.25, 0.3) is 11.0 Å². The number of carbonyl (C=O) groups excluding carboxylic acids is 1. The zero-order chi connectivity index (χ0) is 13.3. The number of fused-ring (bicyclic) bond motifs is 1. The molecule has 2 aromatic rings. The summed E-state index contributed by atoms with van der Waals surface area (Å²) in [7, 11) is 1.88. The number of pyridine rings is 1. The van der Waals surface area contributed by atoms with E-state index in [4.69, 9.17) is 4.74 Å². The first-order valence-corrected chi connectivity index (χ1v) is 5.62. The molecule has 2 heterocycles. The Morgan fingerprint density at radius 2 is 2.11 bits per heavy atom. The van der Waals surface area contributed by atoms with Gasteiger partial charge in [0.15, 0.2) is 0 Å². The first-order valence-electron chi connectivity index (χ1n) is 5.62. The van der Waals surface area contributed by atoms with E-state index in [1.54, 1.807) is 18.6 Å². The Balaban J connectivity index is 2.17. The van der Waals surface area contributed by atoms with E-state index in [-0.39, 0.29) is 0 Å². The molecule has 0 atom stereocenters. The fourth-order valence-corrected chi connectivity index (χ4v) is 1.51. The molecule has 1 amide bonds. The second-order valence-electron chi connectivity index (χ2n) is 5.04. The summed E-state index contributed by atoms with van der Waals surface area (Å²) in [6, 6.07) is 1.76. The van der Waals surface area contributed by atoms with Crippen molar-refractivity contribution in [2.75, 3.05) is 5.32 Å². The number of rotatable bonds is 1. The first kappa shape index (κ1) is 12.3. The molecule has 2 aromatic heterocycles. The molecule has 96 valence electrons. The van der Waals surface area contributed by atoms with Gasteiger partial charge in [0.05, 0.1) is 18.0 Å². The molecule has 1 N–H and O–H groups in total. The van der Waals surface area contributed by atoms with E-state index in [1.807, 2.05) is 32.4 Å². The van der Waals surface area contributed by atoms with Crippen molar-refractivity contribution >= 4 is 22.9 Å². The Morgan fingerprint density at radius 3 is 2.78 bits per heavy atom. The Kier molecular flexibility index (Phi) is 2.94. The minimum absolute atomic E-state index is 0.445. The van der Waals surface area contributed by atoms with Crippen molar-refractivity contribution < 1.29 is 9.53 Å². The summed E-state index contributed by atoms with van der Waals surface area (Å²) >= 11 is 0. The van der Waals surface area contributed by atoms with Crippen LogP contribution < -0.4 is 5.32 Å². The van der Waals surface area contributed by atoms with Gasteiger partial charge in [0.2, 0.25) is 0 Å². The van der Waals surface area contributed by atoms with Crippen molar-refractivity contribution in [2.45, 2.75) is 26.4 Å². The fourth-order valence-electron chi connectivity index (χ4n) is 1.51. The molecule has 0 aliphatic rings. The second-order valence-corrected chi connectivity index (χ2v) is 5.04. The highest BCUT2D eigenvalue weighted by atomic mass is 16.6. The molecule has 6 heteroatoms. The largest absolute Gasteiger partial charge is 0.444 e. The number of aryl methyl sites for hydroxylation is 1. The maximum atomic E-state index is 11.6. The van der Waals surface area contributed by atoms with Crippen molar-refractivity contribution in [3.05, 3.63) is 18.6 Å². The van der Waals surface area contributed by atoms with Crippen molar-refractivity contribution in [1.29, 1.82) is 0 Å². The molecule has 0 unspecified atom stereocenters. The quantitative estimate of drug-likeness (QED) is 0.840. The molecule has 2 rings (SSSR count). The molecule has 6 nitrogen and oxygen atoms in total. The van der Waals surface area contributed by atoms with Gasteiger partial charge in [-0.1, -0.05) is 0 Å². The topological polar surface area (TPSA) is 69.0 Å². The van der Waals surface area contributed by atoms with Gasteiger partial charge < -0.3 is 9.30 Å². The predicted molar refractivity (Wildman–Crippen MR) is 68.4 cm³/mol. The smallest absolute Gasteiger partial charge is 0.413 e. The summed E-state index contributed by atoms with van der Waals surface area (Å²) in [5.74, 6) is 0.445. The lowest BCUT2D eigenvalue weighted by molar-refractivity contribution is 0.0635. The minimum Gasteiger partial charge on any atom is -0.444 e. The van der Waals surface area contributed by atoms with Gasteiger partial charge in [0.1, 0.15) is 16.9 Å². The van der Waals surface area contributed by atoms with Gasteiger partial charge >= 0.3 is 6.09 Å². The molecule has 0 aliphatic heterocycles. The van der Waals surface area contributed by atoms with Crippen LogP contribution in [0.1, 0.15) is 20.8 Å². The van der Waals surface area contributed by atoms with E-state index in [9.17, 15) is 4.79 Å². The molecule has 0 spiro atoms. The maximum absolute atomic E-state index is 11.6. The number of nitrogens with zero attached hydrogens (tertiary/aromatic N) is 3. The van der Waals surface area contributed by atoms with Crippen LogP contribution in [-0.2, 0) is 11.8 Å². The zero-order valence-electron chi connectivity index (χ0n) is 10.9. The average molecular weight is 248 g/mol. The third-order valence-corrected chi connectivity index (χ3v) is 2.24. The normalized spacial score (nSPS) is 11.6. The Morgan fingerprint density at radius 1 is 1.39 bits per heavy atom. The summed E-state index contributed by atoms with van der Waals surface area (Å²) in [5, 5.41) is 2.59. The van der Waals surface area contributed by atoms with Crippen molar-refractivity contribution in [3.8, 4) is 0 Å². The molecular formula is C12H16N4O2. The molecule has 0 aromatic carbocycles. The van der Waals surface area contributed by atoms with E-state index in [2.05, 4.69) is 15.3 Å². The lowest BCUT2D eigenvalue weighted by Gasteiger charge is -2.19. The number of hydrogen-bond acceptors (Lipinski definition) is 4.